The second kappa shape index (κ2) is 5.46. The van der Waals surface area contributed by atoms with E-state index in [1.807, 2.05) is 0 Å². The maximum atomic E-state index is 3.46. The lowest BCUT2D eigenvalue weighted by Crippen LogP contribution is -2.25. The first-order valence-corrected chi connectivity index (χ1v) is 6.30. The molecule has 0 saturated carbocycles. The Morgan fingerprint density at radius 2 is 2.19 bits per heavy atom. The Kier molecular flexibility index (Phi) is 3.97. The van der Waals surface area contributed by atoms with Gasteiger partial charge in [0.25, 0.3) is 0 Å². The predicted octanol–water partition coefficient (Wildman–Crippen LogP) is 1.87. The van der Waals surface area contributed by atoms with Crippen molar-refractivity contribution in [2.45, 2.75) is 39.3 Å². The topological polar surface area (TPSA) is 24.1 Å². The molecule has 1 heterocycles. The molecule has 88 valence electrons. The zero-order valence-corrected chi connectivity index (χ0v) is 10.3. The summed E-state index contributed by atoms with van der Waals surface area (Å²) in [7, 11) is 0. The molecule has 1 aliphatic rings. The van der Waals surface area contributed by atoms with E-state index in [0.29, 0.717) is 6.04 Å². The molecule has 1 aromatic rings. The van der Waals surface area contributed by atoms with Gasteiger partial charge in [-0.3, -0.25) is 0 Å². The number of nitrogens with one attached hydrogen (secondary N) is 2. The number of rotatable bonds is 4. The van der Waals surface area contributed by atoms with Gasteiger partial charge in [0.15, 0.2) is 0 Å². The van der Waals surface area contributed by atoms with Gasteiger partial charge < -0.3 is 10.6 Å². The second-order valence-electron chi connectivity index (χ2n) is 4.89. The Labute approximate surface area is 98.4 Å². The third-order valence-electron chi connectivity index (χ3n) is 3.12. The van der Waals surface area contributed by atoms with E-state index < -0.39 is 0 Å². The van der Waals surface area contributed by atoms with E-state index in [0.717, 1.165) is 26.1 Å². The summed E-state index contributed by atoms with van der Waals surface area (Å²) in [6.45, 7) is 7.63. The van der Waals surface area contributed by atoms with Crippen molar-refractivity contribution in [3.8, 4) is 0 Å². The van der Waals surface area contributed by atoms with Crippen molar-refractivity contribution < 1.29 is 0 Å². The first kappa shape index (κ1) is 11.6. The molecule has 0 atom stereocenters. The summed E-state index contributed by atoms with van der Waals surface area (Å²) in [6.07, 6.45) is 2.32. The molecule has 0 fully saturated rings. The van der Waals surface area contributed by atoms with E-state index in [-0.39, 0.29) is 0 Å². The van der Waals surface area contributed by atoms with Crippen LogP contribution in [0.3, 0.4) is 0 Å². The molecule has 16 heavy (non-hydrogen) atoms. The van der Waals surface area contributed by atoms with Gasteiger partial charge in [-0.2, -0.15) is 0 Å². The lowest BCUT2D eigenvalue weighted by molar-refractivity contribution is 0.589. The largest absolute Gasteiger partial charge is 0.314 e. The van der Waals surface area contributed by atoms with E-state index in [1.165, 1.54) is 17.5 Å². The van der Waals surface area contributed by atoms with Crippen LogP contribution in [-0.2, 0) is 19.4 Å². The zero-order valence-electron chi connectivity index (χ0n) is 10.3. The summed E-state index contributed by atoms with van der Waals surface area (Å²) in [5.41, 5.74) is 4.49. The van der Waals surface area contributed by atoms with Crippen molar-refractivity contribution >= 4 is 0 Å². The fourth-order valence-electron chi connectivity index (χ4n) is 2.19. The van der Waals surface area contributed by atoms with Crippen LogP contribution in [0.15, 0.2) is 18.2 Å². The molecule has 2 heteroatoms. The SMILES string of the molecule is CC(C)NCCc1ccc2c(c1)CCNC2. The van der Waals surface area contributed by atoms with E-state index in [9.17, 15) is 0 Å². The van der Waals surface area contributed by atoms with Crippen LogP contribution in [0.1, 0.15) is 30.5 Å². The second-order valence-corrected chi connectivity index (χ2v) is 4.89. The quantitative estimate of drug-likeness (QED) is 0.806. The summed E-state index contributed by atoms with van der Waals surface area (Å²) in [5, 5.41) is 6.87. The third-order valence-corrected chi connectivity index (χ3v) is 3.12. The minimum Gasteiger partial charge on any atom is -0.314 e. The molecule has 2 N–H and O–H groups in total. The minimum atomic E-state index is 0.585. The van der Waals surface area contributed by atoms with Gasteiger partial charge in [0.2, 0.25) is 0 Å². The van der Waals surface area contributed by atoms with Gasteiger partial charge in [-0.15, -0.1) is 0 Å². The van der Waals surface area contributed by atoms with Crippen molar-refractivity contribution in [2.24, 2.45) is 0 Å². The van der Waals surface area contributed by atoms with Gasteiger partial charge in [0.05, 0.1) is 0 Å². The Morgan fingerprint density at radius 3 is 3.00 bits per heavy atom. The highest BCUT2D eigenvalue weighted by Crippen LogP contribution is 2.16. The lowest BCUT2D eigenvalue weighted by atomic mass is 9.97. The summed E-state index contributed by atoms with van der Waals surface area (Å²) in [4.78, 5) is 0. The molecule has 0 amide bonds. The van der Waals surface area contributed by atoms with E-state index in [2.05, 4.69) is 42.7 Å². The highest BCUT2D eigenvalue weighted by atomic mass is 14.9. The maximum absolute atomic E-state index is 3.46. The van der Waals surface area contributed by atoms with Crippen LogP contribution in [0, 0.1) is 0 Å². The Balaban J connectivity index is 1.95. The molecule has 0 bridgehead atoms. The van der Waals surface area contributed by atoms with Crippen LogP contribution in [0.2, 0.25) is 0 Å². The van der Waals surface area contributed by atoms with Crippen molar-refractivity contribution in [3.63, 3.8) is 0 Å². The van der Waals surface area contributed by atoms with Crippen molar-refractivity contribution in [1.29, 1.82) is 0 Å². The van der Waals surface area contributed by atoms with Crippen LogP contribution in [0.25, 0.3) is 0 Å². The van der Waals surface area contributed by atoms with Crippen LogP contribution in [0.5, 0.6) is 0 Å². The molecule has 1 aromatic carbocycles. The molecule has 0 aliphatic carbocycles. The number of hydrogen-bond donors (Lipinski definition) is 2. The highest BCUT2D eigenvalue weighted by Gasteiger charge is 2.08. The highest BCUT2D eigenvalue weighted by molar-refractivity contribution is 5.33. The number of benzene rings is 1. The van der Waals surface area contributed by atoms with Crippen molar-refractivity contribution in [1.82, 2.24) is 10.6 Å². The summed E-state index contributed by atoms with van der Waals surface area (Å²) in [6, 6.07) is 7.53. The average Bonchev–Trinajstić information content (AvgIpc) is 2.28. The van der Waals surface area contributed by atoms with Crippen LogP contribution < -0.4 is 10.6 Å². The molecule has 1 aliphatic heterocycles. The first-order valence-electron chi connectivity index (χ1n) is 6.30. The smallest absolute Gasteiger partial charge is 0.0208 e. The molecule has 2 nitrogen and oxygen atoms in total. The summed E-state index contributed by atoms with van der Waals surface area (Å²) >= 11 is 0. The summed E-state index contributed by atoms with van der Waals surface area (Å²) < 4.78 is 0. The fourth-order valence-corrected chi connectivity index (χ4v) is 2.19. The fraction of sp³-hybridized carbons (Fsp3) is 0.571. The third kappa shape index (κ3) is 3.06. The number of hydrogen-bond acceptors (Lipinski definition) is 2. The monoisotopic (exact) mass is 218 g/mol. The molecule has 0 radical (unpaired) electrons. The van der Waals surface area contributed by atoms with Gasteiger partial charge >= 0.3 is 0 Å². The van der Waals surface area contributed by atoms with E-state index in [1.54, 1.807) is 5.56 Å². The molecule has 0 unspecified atom stereocenters. The van der Waals surface area contributed by atoms with Crippen molar-refractivity contribution in [2.75, 3.05) is 13.1 Å². The Bertz CT molecular complexity index is 345. The Hall–Kier alpha value is -0.860. The molecule has 2 rings (SSSR count). The number of fused-ring (bicyclic) bond motifs is 1. The molecular weight excluding hydrogens is 196 g/mol. The standard InChI is InChI=1S/C14H22N2/c1-11(2)16-8-5-12-3-4-14-10-15-7-6-13(14)9-12/h3-4,9,11,15-16H,5-8,10H2,1-2H3. The first-order chi connectivity index (χ1) is 7.75. The van der Waals surface area contributed by atoms with Gasteiger partial charge in [-0.05, 0) is 42.6 Å². The normalized spacial score (nSPS) is 15.2. The maximum Gasteiger partial charge on any atom is 0.0208 e. The molecular formula is C14H22N2. The zero-order chi connectivity index (χ0) is 11.4. The predicted molar refractivity (Wildman–Crippen MR) is 68.7 cm³/mol. The van der Waals surface area contributed by atoms with E-state index >= 15 is 0 Å². The van der Waals surface area contributed by atoms with Crippen LogP contribution >= 0.6 is 0 Å². The molecule has 0 aromatic heterocycles. The minimum absolute atomic E-state index is 0.585. The van der Waals surface area contributed by atoms with Gasteiger partial charge in [0.1, 0.15) is 0 Å². The molecule has 0 spiro atoms. The average molecular weight is 218 g/mol. The van der Waals surface area contributed by atoms with Crippen molar-refractivity contribution in [3.05, 3.63) is 34.9 Å². The lowest BCUT2D eigenvalue weighted by Gasteiger charge is -2.18. The van der Waals surface area contributed by atoms with E-state index in [4.69, 9.17) is 0 Å². The van der Waals surface area contributed by atoms with Gasteiger partial charge in [0, 0.05) is 12.6 Å². The summed E-state index contributed by atoms with van der Waals surface area (Å²) in [5.74, 6) is 0. The molecule has 0 saturated heterocycles. The Morgan fingerprint density at radius 1 is 1.31 bits per heavy atom. The van der Waals surface area contributed by atoms with Crippen LogP contribution in [-0.4, -0.2) is 19.1 Å². The van der Waals surface area contributed by atoms with Crippen LogP contribution in [0.4, 0.5) is 0 Å². The van der Waals surface area contributed by atoms with Gasteiger partial charge in [-0.25, -0.2) is 0 Å². The van der Waals surface area contributed by atoms with Gasteiger partial charge in [-0.1, -0.05) is 32.0 Å².